The molecular formula is C15H14N2O. The fourth-order valence-electron chi connectivity index (χ4n) is 2.17. The molecule has 3 heteroatoms. The number of fused-ring (bicyclic) bond motifs is 1. The third kappa shape index (κ3) is 2.13. The summed E-state index contributed by atoms with van der Waals surface area (Å²) in [6.07, 6.45) is 0. The molecular weight excluding hydrogens is 224 g/mol. The molecule has 1 heterocycles. The monoisotopic (exact) mass is 238 g/mol. The predicted molar refractivity (Wildman–Crippen MR) is 71.4 cm³/mol. The largest absolute Gasteiger partial charge is 0.322 e. The first-order valence-electron chi connectivity index (χ1n) is 6.02. The van der Waals surface area contributed by atoms with E-state index in [0.29, 0.717) is 5.56 Å². The van der Waals surface area contributed by atoms with Crippen LogP contribution in [0.15, 0.2) is 48.5 Å². The molecule has 1 aliphatic rings. The van der Waals surface area contributed by atoms with Gasteiger partial charge in [-0.3, -0.25) is 4.79 Å². The lowest BCUT2D eigenvalue weighted by molar-refractivity contribution is 0.102. The molecule has 3 rings (SSSR count). The zero-order chi connectivity index (χ0) is 12.4. The molecule has 2 N–H and O–H groups in total. The summed E-state index contributed by atoms with van der Waals surface area (Å²) in [6.45, 7) is 1.80. The zero-order valence-corrected chi connectivity index (χ0v) is 9.94. The van der Waals surface area contributed by atoms with E-state index < -0.39 is 0 Å². The van der Waals surface area contributed by atoms with Crippen molar-refractivity contribution in [2.45, 2.75) is 13.1 Å². The molecule has 0 fully saturated rings. The lowest BCUT2D eigenvalue weighted by Gasteiger charge is -2.07. The fraction of sp³-hybridized carbons (Fsp3) is 0.133. The summed E-state index contributed by atoms with van der Waals surface area (Å²) < 4.78 is 0. The van der Waals surface area contributed by atoms with Crippen molar-refractivity contribution in [2.24, 2.45) is 0 Å². The van der Waals surface area contributed by atoms with Gasteiger partial charge in [-0.2, -0.15) is 0 Å². The van der Waals surface area contributed by atoms with Gasteiger partial charge in [0.1, 0.15) is 0 Å². The van der Waals surface area contributed by atoms with Crippen LogP contribution in [-0.4, -0.2) is 5.91 Å². The van der Waals surface area contributed by atoms with Crippen molar-refractivity contribution < 1.29 is 4.79 Å². The Balaban J connectivity index is 1.79. The summed E-state index contributed by atoms with van der Waals surface area (Å²) in [5.74, 6) is -0.0680. The molecule has 1 aliphatic heterocycles. The van der Waals surface area contributed by atoms with Crippen LogP contribution >= 0.6 is 0 Å². The minimum atomic E-state index is -0.0680. The van der Waals surface area contributed by atoms with Gasteiger partial charge in [-0.1, -0.05) is 24.3 Å². The topological polar surface area (TPSA) is 41.1 Å². The van der Waals surface area contributed by atoms with Crippen LogP contribution in [-0.2, 0) is 13.1 Å². The van der Waals surface area contributed by atoms with Gasteiger partial charge in [0.2, 0.25) is 0 Å². The molecule has 0 atom stereocenters. The van der Waals surface area contributed by atoms with E-state index in [0.717, 1.165) is 18.8 Å². The molecule has 0 saturated carbocycles. The number of amides is 1. The molecule has 1 amide bonds. The van der Waals surface area contributed by atoms with Crippen LogP contribution in [0.25, 0.3) is 0 Å². The van der Waals surface area contributed by atoms with Gasteiger partial charge in [-0.15, -0.1) is 0 Å². The minimum absolute atomic E-state index is 0.0680. The van der Waals surface area contributed by atoms with Crippen LogP contribution in [0.1, 0.15) is 21.5 Å². The Labute approximate surface area is 106 Å². The van der Waals surface area contributed by atoms with Crippen LogP contribution in [0.5, 0.6) is 0 Å². The highest BCUT2D eigenvalue weighted by atomic mass is 16.1. The Morgan fingerprint density at radius 1 is 1.00 bits per heavy atom. The molecule has 0 spiro atoms. The molecule has 0 radical (unpaired) electrons. The fourth-order valence-corrected chi connectivity index (χ4v) is 2.17. The van der Waals surface area contributed by atoms with E-state index in [4.69, 9.17) is 0 Å². The second-order valence-electron chi connectivity index (χ2n) is 4.41. The minimum Gasteiger partial charge on any atom is -0.322 e. The van der Waals surface area contributed by atoms with Crippen molar-refractivity contribution in [3.63, 3.8) is 0 Å². The van der Waals surface area contributed by atoms with Gasteiger partial charge in [0, 0.05) is 24.3 Å². The molecule has 90 valence electrons. The summed E-state index contributed by atoms with van der Waals surface area (Å²) >= 11 is 0. The number of carbonyl (C=O) groups excluding carboxylic acids is 1. The smallest absolute Gasteiger partial charge is 0.255 e. The molecule has 0 unspecified atom stereocenters. The number of hydrogen-bond acceptors (Lipinski definition) is 2. The van der Waals surface area contributed by atoms with Gasteiger partial charge in [0.15, 0.2) is 0 Å². The standard InChI is InChI=1S/C15H14N2O/c18-15(11-4-2-1-3-5-11)17-14-7-6-12-9-16-10-13(12)8-14/h1-8,16H,9-10H2,(H,17,18). The highest BCUT2D eigenvalue weighted by molar-refractivity contribution is 6.04. The highest BCUT2D eigenvalue weighted by Crippen LogP contribution is 2.20. The van der Waals surface area contributed by atoms with Crippen molar-refractivity contribution in [3.8, 4) is 0 Å². The van der Waals surface area contributed by atoms with Gasteiger partial charge in [0.25, 0.3) is 5.91 Å². The lowest BCUT2D eigenvalue weighted by atomic mass is 10.1. The van der Waals surface area contributed by atoms with Gasteiger partial charge >= 0.3 is 0 Å². The third-order valence-corrected chi connectivity index (χ3v) is 3.13. The molecule has 2 aromatic carbocycles. The van der Waals surface area contributed by atoms with E-state index in [9.17, 15) is 4.79 Å². The Morgan fingerprint density at radius 3 is 2.61 bits per heavy atom. The van der Waals surface area contributed by atoms with Gasteiger partial charge in [0.05, 0.1) is 0 Å². The summed E-state index contributed by atoms with van der Waals surface area (Å²) in [5.41, 5.74) is 4.11. The van der Waals surface area contributed by atoms with E-state index in [1.807, 2.05) is 42.5 Å². The molecule has 18 heavy (non-hydrogen) atoms. The van der Waals surface area contributed by atoms with Crippen LogP contribution in [0.2, 0.25) is 0 Å². The predicted octanol–water partition coefficient (Wildman–Crippen LogP) is 2.54. The molecule has 0 saturated heterocycles. The van der Waals surface area contributed by atoms with Crippen LogP contribution in [0, 0.1) is 0 Å². The SMILES string of the molecule is O=C(Nc1ccc2c(c1)CNC2)c1ccccc1. The first kappa shape index (κ1) is 11.0. The molecule has 2 aromatic rings. The molecule has 0 aliphatic carbocycles. The van der Waals surface area contributed by atoms with E-state index >= 15 is 0 Å². The number of nitrogens with one attached hydrogen (secondary N) is 2. The van der Waals surface area contributed by atoms with Crippen molar-refractivity contribution in [1.82, 2.24) is 5.32 Å². The number of carbonyl (C=O) groups is 1. The summed E-state index contributed by atoms with van der Waals surface area (Å²) in [7, 11) is 0. The average molecular weight is 238 g/mol. The van der Waals surface area contributed by atoms with E-state index in [1.54, 1.807) is 0 Å². The quantitative estimate of drug-likeness (QED) is 0.844. The number of rotatable bonds is 2. The number of anilines is 1. The lowest BCUT2D eigenvalue weighted by Crippen LogP contribution is -2.11. The van der Waals surface area contributed by atoms with Crippen molar-refractivity contribution in [1.29, 1.82) is 0 Å². The van der Waals surface area contributed by atoms with E-state index in [-0.39, 0.29) is 5.91 Å². The Hall–Kier alpha value is -2.13. The normalized spacial score (nSPS) is 13.1. The van der Waals surface area contributed by atoms with Gasteiger partial charge < -0.3 is 10.6 Å². The molecule has 0 bridgehead atoms. The number of hydrogen-bond donors (Lipinski definition) is 2. The maximum absolute atomic E-state index is 12.0. The van der Waals surface area contributed by atoms with Crippen LogP contribution < -0.4 is 10.6 Å². The van der Waals surface area contributed by atoms with Crippen molar-refractivity contribution >= 4 is 11.6 Å². The van der Waals surface area contributed by atoms with Crippen molar-refractivity contribution in [2.75, 3.05) is 5.32 Å². The third-order valence-electron chi connectivity index (χ3n) is 3.13. The molecule has 0 aromatic heterocycles. The van der Waals surface area contributed by atoms with Crippen LogP contribution in [0.4, 0.5) is 5.69 Å². The Bertz CT molecular complexity index is 578. The molecule has 3 nitrogen and oxygen atoms in total. The van der Waals surface area contributed by atoms with Crippen LogP contribution in [0.3, 0.4) is 0 Å². The highest BCUT2D eigenvalue weighted by Gasteiger charge is 2.11. The summed E-state index contributed by atoms with van der Waals surface area (Å²) in [4.78, 5) is 12.0. The van der Waals surface area contributed by atoms with Gasteiger partial charge in [-0.25, -0.2) is 0 Å². The summed E-state index contributed by atoms with van der Waals surface area (Å²) in [5, 5.41) is 6.21. The summed E-state index contributed by atoms with van der Waals surface area (Å²) in [6, 6.07) is 15.3. The zero-order valence-electron chi connectivity index (χ0n) is 9.94. The Morgan fingerprint density at radius 2 is 1.78 bits per heavy atom. The first-order valence-corrected chi connectivity index (χ1v) is 6.02. The number of benzene rings is 2. The Kier molecular flexibility index (Phi) is 2.82. The average Bonchev–Trinajstić information content (AvgIpc) is 2.87. The van der Waals surface area contributed by atoms with E-state index in [1.165, 1.54) is 11.1 Å². The second-order valence-corrected chi connectivity index (χ2v) is 4.41. The van der Waals surface area contributed by atoms with Crippen molar-refractivity contribution in [3.05, 3.63) is 65.2 Å². The first-order chi connectivity index (χ1) is 8.83. The maximum atomic E-state index is 12.0. The van der Waals surface area contributed by atoms with E-state index in [2.05, 4.69) is 16.7 Å². The second kappa shape index (κ2) is 4.63. The maximum Gasteiger partial charge on any atom is 0.255 e. The van der Waals surface area contributed by atoms with Gasteiger partial charge in [-0.05, 0) is 35.4 Å².